The van der Waals surface area contributed by atoms with Crippen LogP contribution in [0.1, 0.15) is 0 Å². The topological polar surface area (TPSA) is 87.1 Å². The number of epoxide rings is 1. The van der Waals surface area contributed by atoms with Gasteiger partial charge in [0, 0.05) is 0 Å². The van der Waals surface area contributed by atoms with Crippen molar-refractivity contribution >= 4 is 11.9 Å². The van der Waals surface area contributed by atoms with E-state index in [9.17, 15) is 53.5 Å². The summed E-state index contributed by atoms with van der Waals surface area (Å²) in [6.45, 7) is 0. The summed E-state index contributed by atoms with van der Waals surface area (Å²) in [5.41, 5.74) is 0. The fraction of sp³-hybridized carbons (Fsp3) is 0.750. The van der Waals surface area contributed by atoms with Gasteiger partial charge >= 0.3 is 47.3 Å². The third-order valence-corrected chi connectivity index (χ3v) is 2.79. The van der Waals surface area contributed by atoms with E-state index >= 15 is 0 Å². The number of carboxylic acids is 2. The Hall–Kier alpha value is -1.80. The van der Waals surface area contributed by atoms with Gasteiger partial charge in [-0.25, -0.2) is 9.59 Å². The number of aliphatic carboxylic acids is 2. The number of halogens is 10. The summed E-state index contributed by atoms with van der Waals surface area (Å²) < 4.78 is 124. The van der Waals surface area contributed by atoms with E-state index < -0.39 is 47.3 Å². The van der Waals surface area contributed by atoms with E-state index in [4.69, 9.17) is 10.2 Å². The maximum Gasteiger partial charge on any atom is 0.436 e. The highest BCUT2D eigenvalue weighted by molar-refractivity contribution is 5.99. The molecule has 0 aromatic rings. The molecule has 1 saturated heterocycles. The molecule has 5 nitrogen and oxygen atoms in total. The molecule has 0 radical (unpaired) electrons. The van der Waals surface area contributed by atoms with E-state index in [-0.39, 0.29) is 0 Å². The summed E-state index contributed by atoms with van der Waals surface area (Å²) in [4.78, 5) is 18.7. The lowest BCUT2D eigenvalue weighted by molar-refractivity contribution is -0.339. The van der Waals surface area contributed by atoms with Gasteiger partial charge < -0.3 is 10.2 Å². The molecule has 1 aliphatic carbocycles. The summed E-state index contributed by atoms with van der Waals surface area (Å²) in [7, 11) is 0. The molecule has 0 aromatic heterocycles. The van der Waals surface area contributed by atoms with Gasteiger partial charge in [-0.1, -0.05) is 0 Å². The quantitative estimate of drug-likeness (QED) is 0.443. The summed E-state index contributed by atoms with van der Waals surface area (Å²) in [5.74, 6) is -37.7. The van der Waals surface area contributed by atoms with Crippen LogP contribution in [0.5, 0.6) is 0 Å². The van der Waals surface area contributed by atoms with Gasteiger partial charge in [-0.2, -0.15) is 43.9 Å². The molecule has 134 valence electrons. The first-order valence-electron chi connectivity index (χ1n) is 4.90. The van der Waals surface area contributed by atoms with Crippen LogP contribution in [0, 0.1) is 0 Å². The maximum absolute atomic E-state index is 12.5. The van der Waals surface area contributed by atoms with E-state index in [1.165, 1.54) is 0 Å². The molecule has 2 fully saturated rings. The molecule has 0 aromatic carbocycles. The maximum atomic E-state index is 12.5. The third-order valence-electron chi connectivity index (χ3n) is 2.79. The van der Waals surface area contributed by atoms with Crippen LogP contribution in [0.3, 0.4) is 0 Å². The van der Waals surface area contributed by atoms with Crippen molar-refractivity contribution in [3.05, 3.63) is 0 Å². The van der Waals surface area contributed by atoms with Gasteiger partial charge in [0.25, 0.3) is 0 Å². The number of hydrogen-bond acceptors (Lipinski definition) is 3. The number of carbonyl (C=O) groups is 2. The van der Waals surface area contributed by atoms with Gasteiger partial charge in [0.05, 0.1) is 0 Å². The van der Waals surface area contributed by atoms with Gasteiger partial charge in [0.15, 0.2) is 0 Å². The summed E-state index contributed by atoms with van der Waals surface area (Å²) >= 11 is 0. The fourth-order valence-corrected chi connectivity index (χ4v) is 1.39. The summed E-state index contributed by atoms with van der Waals surface area (Å²) in [5, 5.41) is 15.0. The van der Waals surface area contributed by atoms with E-state index in [0.29, 0.717) is 0 Å². The minimum Gasteiger partial charge on any atom is -0.476 e. The first-order chi connectivity index (χ1) is 9.84. The Morgan fingerprint density at radius 1 is 0.696 bits per heavy atom. The van der Waals surface area contributed by atoms with E-state index in [1.807, 2.05) is 0 Å². The highest BCUT2D eigenvalue weighted by Crippen LogP contribution is 2.78. The standard InChI is InChI=1S/C5F8O.C3H2F2O4/c6-1(7)2(8,9)4(12)5(13,14-4)3(1,10)11;4-3(5,1(6)7)2(8)9/h;(H,6,7)(H,8,9). The van der Waals surface area contributed by atoms with Crippen LogP contribution < -0.4 is 0 Å². The van der Waals surface area contributed by atoms with Crippen molar-refractivity contribution in [1.82, 2.24) is 0 Å². The second kappa shape index (κ2) is 4.39. The first kappa shape index (κ1) is 19.2. The van der Waals surface area contributed by atoms with Crippen LogP contribution in [0.2, 0.25) is 0 Å². The van der Waals surface area contributed by atoms with E-state index in [2.05, 4.69) is 4.74 Å². The Labute approximate surface area is 117 Å². The number of alkyl halides is 10. The zero-order valence-electron chi connectivity index (χ0n) is 9.90. The Bertz CT molecular complexity index is 507. The zero-order chi connectivity index (χ0) is 18.9. The van der Waals surface area contributed by atoms with Gasteiger partial charge in [-0.05, 0) is 0 Å². The molecule has 15 heteroatoms. The molecule has 2 atom stereocenters. The normalized spacial score (nSPS) is 35.6. The van der Waals surface area contributed by atoms with Crippen molar-refractivity contribution in [2.24, 2.45) is 0 Å². The summed E-state index contributed by atoms with van der Waals surface area (Å²) in [6, 6.07) is 0. The van der Waals surface area contributed by atoms with E-state index in [1.54, 1.807) is 0 Å². The lowest BCUT2D eigenvalue weighted by atomic mass is 10.1. The Morgan fingerprint density at radius 3 is 1.04 bits per heavy atom. The molecule has 2 unspecified atom stereocenters. The predicted octanol–water partition coefficient (Wildman–Crippen LogP) is 2.06. The Morgan fingerprint density at radius 2 is 0.957 bits per heavy atom. The van der Waals surface area contributed by atoms with Gasteiger partial charge in [-0.15, -0.1) is 0 Å². The lowest BCUT2D eigenvalue weighted by Crippen LogP contribution is -2.54. The number of fused-ring (bicyclic) bond motifs is 1. The number of hydrogen-bond donors (Lipinski definition) is 2. The monoisotopic (exact) mass is 368 g/mol. The van der Waals surface area contributed by atoms with Crippen molar-refractivity contribution < 1.29 is 68.4 Å². The first-order valence-corrected chi connectivity index (χ1v) is 4.90. The molecule has 23 heavy (non-hydrogen) atoms. The second-order valence-corrected chi connectivity index (χ2v) is 4.20. The van der Waals surface area contributed by atoms with Crippen molar-refractivity contribution in [1.29, 1.82) is 0 Å². The molecule has 1 aliphatic heterocycles. The number of carboxylic acid groups (broad SMARTS) is 2. The largest absolute Gasteiger partial charge is 0.476 e. The Kier molecular flexibility index (Phi) is 3.67. The second-order valence-electron chi connectivity index (χ2n) is 4.20. The highest BCUT2D eigenvalue weighted by atomic mass is 19.4. The smallest absolute Gasteiger partial charge is 0.436 e. The number of rotatable bonds is 2. The van der Waals surface area contributed by atoms with Gasteiger partial charge in [0.2, 0.25) is 0 Å². The van der Waals surface area contributed by atoms with Gasteiger partial charge in [0.1, 0.15) is 0 Å². The molecule has 2 rings (SSSR count). The average molecular weight is 368 g/mol. The van der Waals surface area contributed by atoms with Crippen molar-refractivity contribution in [3.63, 3.8) is 0 Å². The molecule has 2 N–H and O–H groups in total. The lowest BCUT2D eigenvalue weighted by Gasteiger charge is -2.26. The minimum absolute atomic E-state index is 2.66. The molecule has 1 heterocycles. The van der Waals surface area contributed by atoms with Crippen LogP contribution in [0.4, 0.5) is 43.9 Å². The van der Waals surface area contributed by atoms with Crippen molar-refractivity contribution in [2.45, 2.75) is 35.4 Å². The molecule has 0 spiro atoms. The molecule has 2 aliphatic rings. The minimum atomic E-state index is -6.11. The van der Waals surface area contributed by atoms with Crippen LogP contribution in [-0.2, 0) is 14.3 Å². The Balaban J connectivity index is 0.000000257. The average Bonchev–Trinajstić information content (AvgIpc) is 2.93. The van der Waals surface area contributed by atoms with Crippen molar-refractivity contribution in [3.8, 4) is 0 Å². The highest BCUT2D eigenvalue weighted by Gasteiger charge is 3.11. The molecular weight excluding hydrogens is 366 g/mol. The predicted molar refractivity (Wildman–Crippen MR) is 43.8 cm³/mol. The fourth-order valence-electron chi connectivity index (χ4n) is 1.39. The van der Waals surface area contributed by atoms with E-state index in [0.717, 1.165) is 0 Å². The van der Waals surface area contributed by atoms with Crippen LogP contribution in [0.15, 0.2) is 0 Å². The molecular formula is C8H2F10O5. The third kappa shape index (κ3) is 1.91. The number of ether oxygens (including phenoxy) is 1. The molecule has 0 bridgehead atoms. The van der Waals surface area contributed by atoms with Crippen LogP contribution in [0.25, 0.3) is 0 Å². The molecule has 1 saturated carbocycles. The SMILES string of the molecule is FC1(F)C(F)(F)C2(F)OC2(F)C1(F)F.O=C(O)C(F)(F)C(=O)O. The van der Waals surface area contributed by atoms with Crippen LogP contribution >= 0.6 is 0 Å². The van der Waals surface area contributed by atoms with Crippen molar-refractivity contribution in [2.75, 3.05) is 0 Å². The molecule has 0 amide bonds. The van der Waals surface area contributed by atoms with Gasteiger partial charge in [-0.3, -0.25) is 4.74 Å². The summed E-state index contributed by atoms with van der Waals surface area (Å²) in [6.07, 6.45) is 0. The van der Waals surface area contributed by atoms with Crippen LogP contribution in [-0.4, -0.2) is 57.6 Å². The zero-order valence-corrected chi connectivity index (χ0v) is 9.90.